The molecule has 0 amide bonds. The average Bonchev–Trinajstić information content (AvgIpc) is 2.46. The van der Waals surface area contributed by atoms with Gasteiger partial charge in [-0.3, -0.25) is 4.68 Å². The minimum atomic E-state index is -0.619. The zero-order valence-electron chi connectivity index (χ0n) is 9.43. The van der Waals surface area contributed by atoms with Gasteiger partial charge < -0.3 is 5.32 Å². The Bertz CT molecular complexity index is 404. The number of nitriles is 1. The van der Waals surface area contributed by atoms with E-state index in [9.17, 15) is 0 Å². The van der Waals surface area contributed by atoms with Crippen molar-refractivity contribution in [1.29, 1.82) is 5.26 Å². The van der Waals surface area contributed by atoms with Crippen LogP contribution in [0.15, 0.2) is 0 Å². The van der Waals surface area contributed by atoms with Crippen molar-refractivity contribution in [3.8, 4) is 6.07 Å². The van der Waals surface area contributed by atoms with Crippen molar-refractivity contribution in [1.82, 2.24) is 15.1 Å². The van der Waals surface area contributed by atoms with E-state index in [4.69, 9.17) is 16.9 Å². The molecule has 1 N–H and O–H groups in total. The van der Waals surface area contributed by atoms with Crippen molar-refractivity contribution in [2.24, 2.45) is 0 Å². The maximum absolute atomic E-state index is 9.03. The largest absolute Gasteiger partial charge is 0.301 e. The van der Waals surface area contributed by atoms with E-state index in [-0.39, 0.29) is 0 Å². The molecule has 0 aliphatic rings. The van der Waals surface area contributed by atoms with Crippen molar-refractivity contribution in [2.75, 3.05) is 7.05 Å². The molecule has 4 nitrogen and oxygen atoms in total. The van der Waals surface area contributed by atoms with Crippen LogP contribution >= 0.6 is 11.6 Å². The Kier molecular flexibility index (Phi) is 3.38. The number of aromatic nitrogens is 2. The zero-order valence-corrected chi connectivity index (χ0v) is 10.2. The second kappa shape index (κ2) is 4.21. The van der Waals surface area contributed by atoms with Crippen molar-refractivity contribution in [2.45, 2.75) is 32.9 Å². The Hall–Kier alpha value is -1.05. The molecule has 0 aromatic carbocycles. The van der Waals surface area contributed by atoms with Gasteiger partial charge in [-0.15, -0.1) is 0 Å². The summed E-state index contributed by atoms with van der Waals surface area (Å²) in [6, 6.07) is 2.22. The highest BCUT2D eigenvalue weighted by molar-refractivity contribution is 6.31. The van der Waals surface area contributed by atoms with Gasteiger partial charge in [0, 0.05) is 0 Å². The summed E-state index contributed by atoms with van der Waals surface area (Å²) in [5.41, 5.74) is 1.07. The minimum absolute atomic E-state index is 0.486. The van der Waals surface area contributed by atoms with E-state index in [0.717, 1.165) is 11.4 Å². The topological polar surface area (TPSA) is 53.6 Å². The van der Waals surface area contributed by atoms with Gasteiger partial charge in [0.25, 0.3) is 0 Å². The molecule has 15 heavy (non-hydrogen) atoms. The van der Waals surface area contributed by atoms with E-state index in [2.05, 4.69) is 16.5 Å². The fourth-order valence-electron chi connectivity index (χ4n) is 1.30. The maximum Gasteiger partial charge on any atom is 0.123 e. The fraction of sp³-hybridized carbons (Fsp3) is 0.600. The third-order valence-electron chi connectivity index (χ3n) is 2.56. The number of hydrogen-bond donors (Lipinski definition) is 1. The van der Waals surface area contributed by atoms with Crippen LogP contribution in [0.5, 0.6) is 0 Å². The van der Waals surface area contributed by atoms with E-state index in [1.165, 1.54) is 0 Å². The van der Waals surface area contributed by atoms with Crippen molar-refractivity contribution >= 4 is 11.6 Å². The first-order valence-electron chi connectivity index (χ1n) is 4.73. The van der Waals surface area contributed by atoms with E-state index < -0.39 is 5.54 Å². The van der Waals surface area contributed by atoms with Crippen molar-refractivity contribution < 1.29 is 0 Å². The first-order chi connectivity index (χ1) is 6.93. The first-order valence-corrected chi connectivity index (χ1v) is 5.11. The average molecular weight is 227 g/mol. The van der Waals surface area contributed by atoms with Crippen LogP contribution in [0.1, 0.15) is 18.3 Å². The highest BCUT2D eigenvalue weighted by Crippen LogP contribution is 2.20. The molecule has 1 heterocycles. The molecule has 0 spiro atoms. The Morgan fingerprint density at radius 1 is 1.60 bits per heavy atom. The van der Waals surface area contributed by atoms with Crippen molar-refractivity contribution in [3.05, 3.63) is 16.4 Å². The highest BCUT2D eigenvalue weighted by atomic mass is 35.5. The molecular weight excluding hydrogens is 212 g/mol. The van der Waals surface area contributed by atoms with Gasteiger partial charge in [-0.05, 0) is 27.8 Å². The summed E-state index contributed by atoms with van der Waals surface area (Å²) in [4.78, 5) is 0. The number of likely N-dealkylation sites (N-methyl/N-ethyl adjacent to an activating group) is 1. The molecule has 1 rings (SSSR count). The standard InChI is InChI=1S/C10H15ClN4/c1-7-9(11)8(2)15(14-7)6-10(3,5-12)13-4/h13H,6H2,1-4H3. The number of hydrogen-bond acceptors (Lipinski definition) is 3. The number of nitrogens with one attached hydrogen (secondary N) is 1. The lowest BCUT2D eigenvalue weighted by Crippen LogP contribution is -2.42. The maximum atomic E-state index is 9.03. The predicted molar refractivity (Wildman–Crippen MR) is 59.8 cm³/mol. The first kappa shape index (κ1) is 12.0. The van der Waals surface area contributed by atoms with Crippen molar-refractivity contribution in [3.63, 3.8) is 0 Å². The molecule has 1 unspecified atom stereocenters. The molecule has 82 valence electrons. The number of aryl methyl sites for hydroxylation is 1. The zero-order chi connectivity index (χ0) is 11.6. The molecule has 0 aliphatic carbocycles. The molecule has 5 heteroatoms. The van der Waals surface area contributed by atoms with E-state index in [0.29, 0.717) is 11.6 Å². The summed E-state index contributed by atoms with van der Waals surface area (Å²) >= 11 is 6.03. The van der Waals surface area contributed by atoms with Crippen LogP contribution in [0.25, 0.3) is 0 Å². The van der Waals surface area contributed by atoms with Gasteiger partial charge in [0.15, 0.2) is 0 Å². The van der Waals surface area contributed by atoms with Crippen LogP contribution in [0.3, 0.4) is 0 Å². The second-order valence-electron chi connectivity index (χ2n) is 3.84. The summed E-state index contributed by atoms with van der Waals surface area (Å²) in [6.45, 7) is 6.07. The predicted octanol–water partition coefficient (Wildman–Crippen LogP) is 1.66. The quantitative estimate of drug-likeness (QED) is 0.853. The monoisotopic (exact) mass is 226 g/mol. The van der Waals surface area contributed by atoms with Gasteiger partial charge in [0.1, 0.15) is 5.54 Å². The molecule has 0 saturated heterocycles. The van der Waals surface area contributed by atoms with Gasteiger partial charge in [0.2, 0.25) is 0 Å². The summed E-state index contributed by atoms with van der Waals surface area (Å²) < 4.78 is 1.76. The number of nitrogens with zero attached hydrogens (tertiary/aromatic N) is 3. The van der Waals surface area contributed by atoms with Crippen LogP contribution in [0, 0.1) is 25.2 Å². The van der Waals surface area contributed by atoms with E-state index in [1.807, 2.05) is 20.8 Å². The normalized spacial score (nSPS) is 14.7. The Morgan fingerprint density at radius 3 is 2.53 bits per heavy atom. The second-order valence-corrected chi connectivity index (χ2v) is 4.21. The van der Waals surface area contributed by atoms with Crippen LogP contribution < -0.4 is 5.32 Å². The number of halogens is 1. The van der Waals surface area contributed by atoms with Crippen LogP contribution in [-0.2, 0) is 6.54 Å². The molecule has 1 aromatic heterocycles. The Morgan fingerprint density at radius 2 is 2.20 bits per heavy atom. The third-order valence-corrected chi connectivity index (χ3v) is 3.10. The SMILES string of the molecule is CNC(C)(C#N)Cn1nc(C)c(Cl)c1C. The summed E-state index contributed by atoms with van der Waals surface area (Å²) in [6.07, 6.45) is 0. The number of rotatable bonds is 3. The van der Waals surface area contributed by atoms with Crippen LogP contribution in [-0.4, -0.2) is 22.4 Å². The Balaban J connectivity index is 3.00. The lowest BCUT2D eigenvalue weighted by Gasteiger charge is -2.21. The molecule has 0 saturated carbocycles. The van der Waals surface area contributed by atoms with Gasteiger partial charge in [-0.1, -0.05) is 11.6 Å². The van der Waals surface area contributed by atoms with Crippen LogP contribution in [0.2, 0.25) is 5.02 Å². The van der Waals surface area contributed by atoms with E-state index in [1.54, 1.807) is 11.7 Å². The highest BCUT2D eigenvalue weighted by Gasteiger charge is 2.24. The lowest BCUT2D eigenvalue weighted by atomic mass is 10.1. The van der Waals surface area contributed by atoms with Crippen LogP contribution in [0.4, 0.5) is 0 Å². The van der Waals surface area contributed by atoms with Gasteiger partial charge in [0.05, 0.1) is 29.0 Å². The minimum Gasteiger partial charge on any atom is -0.301 e. The molecular formula is C10H15ClN4. The molecule has 0 fully saturated rings. The molecule has 1 atom stereocenters. The smallest absolute Gasteiger partial charge is 0.123 e. The molecule has 1 aromatic rings. The van der Waals surface area contributed by atoms with E-state index >= 15 is 0 Å². The lowest BCUT2D eigenvalue weighted by molar-refractivity contribution is 0.391. The van der Waals surface area contributed by atoms with Gasteiger partial charge in [-0.2, -0.15) is 10.4 Å². The van der Waals surface area contributed by atoms with Gasteiger partial charge in [-0.25, -0.2) is 0 Å². The molecule has 0 bridgehead atoms. The molecule has 0 radical (unpaired) electrons. The molecule has 0 aliphatic heterocycles. The summed E-state index contributed by atoms with van der Waals surface area (Å²) in [5.74, 6) is 0. The summed E-state index contributed by atoms with van der Waals surface area (Å²) in [7, 11) is 1.76. The van der Waals surface area contributed by atoms with Gasteiger partial charge >= 0.3 is 0 Å². The summed E-state index contributed by atoms with van der Waals surface area (Å²) in [5, 5.41) is 17.0. The fourth-order valence-corrected chi connectivity index (χ4v) is 1.43. The Labute approximate surface area is 94.8 Å². The third kappa shape index (κ3) is 2.31.